The van der Waals surface area contributed by atoms with Crippen LogP contribution in [0.15, 0.2) is 24.3 Å². The van der Waals surface area contributed by atoms with Crippen molar-refractivity contribution in [3.05, 3.63) is 35.4 Å². The molecule has 0 atom stereocenters. The predicted octanol–water partition coefficient (Wildman–Crippen LogP) is 1.31. The van der Waals surface area contributed by atoms with E-state index in [1.165, 1.54) is 0 Å². The van der Waals surface area contributed by atoms with Crippen LogP contribution in [0.3, 0.4) is 0 Å². The Hall–Kier alpha value is -1.86. The Labute approximate surface area is 114 Å². The first kappa shape index (κ1) is 13.6. The number of hydrogen-bond acceptors (Lipinski definition) is 3. The Morgan fingerprint density at radius 1 is 1.37 bits per heavy atom. The largest absolute Gasteiger partial charge is 0.353 e. The Kier molecular flexibility index (Phi) is 4.53. The van der Waals surface area contributed by atoms with Gasteiger partial charge in [0.25, 0.3) is 0 Å². The fourth-order valence-electron chi connectivity index (χ4n) is 2.31. The van der Waals surface area contributed by atoms with Crippen molar-refractivity contribution in [1.29, 1.82) is 5.26 Å². The highest BCUT2D eigenvalue weighted by molar-refractivity contribution is 5.78. The molecule has 1 amide bonds. The number of carbonyl (C=O) groups excluding carboxylic acids is 1. The molecule has 0 aliphatic carbocycles. The quantitative estimate of drug-likeness (QED) is 0.888. The molecule has 19 heavy (non-hydrogen) atoms. The van der Waals surface area contributed by atoms with Crippen molar-refractivity contribution in [3.63, 3.8) is 0 Å². The van der Waals surface area contributed by atoms with Gasteiger partial charge in [-0.1, -0.05) is 12.1 Å². The van der Waals surface area contributed by atoms with Gasteiger partial charge in [-0.2, -0.15) is 5.26 Å². The zero-order valence-electron chi connectivity index (χ0n) is 11.2. The fourth-order valence-corrected chi connectivity index (χ4v) is 2.31. The highest BCUT2D eigenvalue weighted by Gasteiger charge is 2.18. The van der Waals surface area contributed by atoms with Crippen LogP contribution in [0.2, 0.25) is 0 Å². The number of benzene rings is 1. The van der Waals surface area contributed by atoms with Gasteiger partial charge in [0.2, 0.25) is 5.91 Å². The van der Waals surface area contributed by atoms with E-state index in [1.807, 2.05) is 12.1 Å². The summed E-state index contributed by atoms with van der Waals surface area (Å²) in [6.45, 7) is 2.09. The first-order chi connectivity index (χ1) is 9.17. The summed E-state index contributed by atoms with van der Waals surface area (Å²) in [6.07, 6.45) is 2.43. The molecule has 1 aliphatic heterocycles. The molecule has 1 N–H and O–H groups in total. The average molecular weight is 257 g/mol. The number of nitrogens with zero attached hydrogens (tertiary/aromatic N) is 2. The third-order valence-corrected chi connectivity index (χ3v) is 3.53. The zero-order chi connectivity index (χ0) is 13.7. The van der Waals surface area contributed by atoms with Crippen molar-refractivity contribution in [2.45, 2.75) is 25.3 Å². The van der Waals surface area contributed by atoms with Gasteiger partial charge in [0.05, 0.1) is 18.1 Å². The number of amides is 1. The van der Waals surface area contributed by atoms with Crippen molar-refractivity contribution in [1.82, 2.24) is 10.2 Å². The molecule has 1 aliphatic rings. The maximum Gasteiger partial charge on any atom is 0.224 e. The Bertz CT molecular complexity index is 467. The summed E-state index contributed by atoms with van der Waals surface area (Å²) in [5.41, 5.74) is 1.57. The second kappa shape index (κ2) is 6.35. The fraction of sp³-hybridized carbons (Fsp3) is 0.467. The maximum absolute atomic E-state index is 11.9. The SMILES string of the molecule is CN1CCC(NC(=O)Cc2ccc(C#N)cc2)CC1. The van der Waals surface area contributed by atoms with Crippen LogP contribution in [-0.4, -0.2) is 37.0 Å². The molecular weight excluding hydrogens is 238 g/mol. The third-order valence-electron chi connectivity index (χ3n) is 3.53. The van der Waals surface area contributed by atoms with Gasteiger partial charge in [0, 0.05) is 6.04 Å². The zero-order valence-corrected chi connectivity index (χ0v) is 11.2. The van der Waals surface area contributed by atoms with Crippen molar-refractivity contribution in [2.24, 2.45) is 0 Å². The number of likely N-dealkylation sites (tertiary alicyclic amines) is 1. The highest BCUT2D eigenvalue weighted by atomic mass is 16.1. The summed E-state index contributed by atoms with van der Waals surface area (Å²) in [5.74, 6) is 0.0688. The minimum absolute atomic E-state index is 0.0688. The number of nitriles is 1. The summed E-state index contributed by atoms with van der Waals surface area (Å²) in [6, 6.07) is 9.56. The van der Waals surface area contributed by atoms with Gasteiger partial charge in [-0.25, -0.2) is 0 Å². The van der Waals surface area contributed by atoms with Gasteiger partial charge < -0.3 is 10.2 Å². The maximum atomic E-state index is 11.9. The molecular formula is C15H19N3O. The van der Waals surface area contributed by atoms with Gasteiger partial charge in [0.1, 0.15) is 0 Å². The molecule has 4 heteroatoms. The van der Waals surface area contributed by atoms with Crippen LogP contribution in [0.4, 0.5) is 0 Å². The van der Waals surface area contributed by atoms with E-state index in [0.717, 1.165) is 31.5 Å². The van der Waals surface area contributed by atoms with E-state index in [4.69, 9.17) is 5.26 Å². The van der Waals surface area contributed by atoms with Crippen LogP contribution >= 0.6 is 0 Å². The van der Waals surface area contributed by atoms with Gasteiger partial charge in [-0.3, -0.25) is 4.79 Å². The predicted molar refractivity (Wildman–Crippen MR) is 73.5 cm³/mol. The summed E-state index contributed by atoms with van der Waals surface area (Å²) in [4.78, 5) is 14.2. The number of rotatable bonds is 3. The summed E-state index contributed by atoms with van der Waals surface area (Å²) in [5, 5.41) is 11.8. The van der Waals surface area contributed by atoms with E-state index in [0.29, 0.717) is 18.0 Å². The second-order valence-corrected chi connectivity index (χ2v) is 5.13. The van der Waals surface area contributed by atoms with Crippen LogP contribution in [0, 0.1) is 11.3 Å². The molecule has 0 radical (unpaired) electrons. The van der Waals surface area contributed by atoms with Crippen molar-refractivity contribution < 1.29 is 4.79 Å². The number of nitrogens with one attached hydrogen (secondary N) is 1. The summed E-state index contributed by atoms with van der Waals surface area (Å²) in [7, 11) is 2.11. The molecule has 0 aromatic heterocycles. The lowest BCUT2D eigenvalue weighted by molar-refractivity contribution is -0.121. The van der Waals surface area contributed by atoms with E-state index in [-0.39, 0.29) is 5.91 Å². The van der Waals surface area contributed by atoms with E-state index in [1.54, 1.807) is 12.1 Å². The van der Waals surface area contributed by atoms with Crippen LogP contribution in [-0.2, 0) is 11.2 Å². The normalized spacial score (nSPS) is 16.8. The van der Waals surface area contributed by atoms with Crippen molar-refractivity contribution >= 4 is 5.91 Å². The lowest BCUT2D eigenvalue weighted by atomic mass is 10.0. The van der Waals surface area contributed by atoms with Gasteiger partial charge >= 0.3 is 0 Å². The molecule has 1 fully saturated rings. The Morgan fingerprint density at radius 2 is 2.00 bits per heavy atom. The van der Waals surface area contributed by atoms with E-state index in [2.05, 4.69) is 23.3 Å². The molecule has 1 saturated heterocycles. The topological polar surface area (TPSA) is 56.1 Å². The molecule has 100 valence electrons. The van der Waals surface area contributed by atoms with E-state index < -0.39 is 0 Å². The van der Waals surface area contributed by atoms with Crippen molar-refractivity contribution in [2.75, 3.05) is 20.1 Å². The number of piperidine rings is 1. The van der Waals surface area contributed by atoms with Crippen LogP contribution in [0.1, 0.15) is 24.0 Å². The highest BCUT2D eigenvalue weighted by Crippen LogP contribution is 2.09. The minimum Gasteiger partial charge on any atom is -0.353 e. The molecule has 0 unspecified atom stereocenters. The molecule has 1 heterocycles. The monoisotopic (exact) mass is 257 g/mol. The van der Waals surface area contributed by atoms with E-state index >= 15 is 0 Å². The smallest absolute Gasteiger partial charge is 0.224 e. The Morgan fingerprint density at radius 3 is 2.58 bits per heavy atom. The Balaban J connectivity index is 1.82. The van der Waals surface area contributed by atoms with Crippen molar-refractivity contribution in [3.8, 4) is 6.07 Å². The summed E-state index contributed by atoms with van der Waals surface area (Å²) >= 11 is 0. The second-order valence-electron chi connectivity index (χ2n) is 5.13. The van der Waals surface area contributed by atoms with E-state index in [9.17, 15) is 4.79 Å². The average Bonchev–Trinajstić information content (AvgIpc) is 2.42. The first-order valence-corrected chi connectivity index (χ1v) is 6.64. The van der Waals surface area contributed by atoms with Gasteiger partial charge in [-0.05, 0) is 50.7 Å². The number of carbonyl (C=O) groups is 1. The molecule has 1 aromatic rings. The number of hydrogen-bond donors (Lipinski definition) is 1. The molecule has 0 spiro atoms. The molecule has 2 rings (SSSR count). The van der Waals surface area contributed by atoms with Gasteiger partial charge in [0.15, 0.2) is 0 Å². The minimum atomic E-state index is 0.0688. The molecule has 1 aromatic carbocycles. The molecule has 0 saturated carbocycles. The summed E-state index contributed by atoms with van der Waals surface area (Å²) < 4.78 is 0. The van der Waals surface area contributed by atoms with Crippen LogP contribution in [0.25, 0.3) is 0 Å². The lowest BCUT2D eigenvalue weighted by Gasteiger charge is -2.29. The third kappa shape index (κ3) is 4.08. The first-order valence-electron chi connectivity index (χ1n) is 6.64. The molecule has 0 bridgehead atoms. The van der Waals surface area contributed by atoms with Gasteiger partial charge in [-0.15, -0.1) is 0 Å². The molecule has 4 nitrogen and oxygen atoms in total. The standard InChI is InChI=1S/C15H19N3O/c1-18-8-6-14(7-9-18)17-15(19)10-12-2-4-13(11-16)5-3-12/h2-5,14H,6-10H2,1H3,(H,17,19). The van der Waals surface area contributed by atoms with Crippen LogP contribution < -0.4 is 5.32 Å². The van der Waals surface area contributed by atoms with Crippen LogP contribution in [0.5, 0.6) is 0 Å². The lowest BCUT2D eigenvalue weighted by Crippen LogP contribution is -2.43.